The zero-order valence-electron chi connectivity index (χ0n) is 11.3. The average molecular weight is 248 g/mol. The minimum atomic E-state index is 0.489. The first-order chi connectivity index (χ1) is 8.83. The first kappa shape index (κ1) is 12.0. The van der Waals surface area contributed by atoms with Crippen molar-refractivity contribution in [2.45, 2.75) is 57.5 Å². The average Bonchev–Trinajstić information content (AvgIpc) is 3.18. The van der Waals surface area contributed by atoms with Gasteiger partial charge < -0.3 is 15.2 Å². The number of aromatic nitrogens is 2. The predicted molar refractivity (Wildman–Crippen MR) is 73.9 cm³/mol. The van der Waals surface area contributed by atoms with Crippen molar-refractivity contribution in [1.82, 2.24) is 9.55 Å². The zero-order valence-corrected chi connectivity index (χ0v) is 11.3. The Morgan fingerprint density at radius 3 is 2.83 bits per heavy atom. The van der Waals surface area contributed by atoms with E-state index in [2.05, 4.69) is 22.6 Å². The van der Waals surface area contributed by atoms with Crippen LogP contribution in [0.3, 0.4) is 0 Å². The molecule has 1 unspecified atom stereocenters. The molecule has 2 aliphatic rings. The second kappa shape index (κ2) is 4.92. The summed E-state index contributed by atoms with van der Waals surface area (Å²) in [4.78, 5) is 7.30. The Bertz CT molecular complexity index is 408. The van der Waals surface area contributed by atoms with Gasteiger partial charge in [0.2, 0.25) is 5.95 Å². The molecule has 2 heterocycles. The van der Waals surface area contributed by atoms with Crippen LogP contribution in [0.5, 0.6) is 0 Å². The van der Waals surface area contributed by atoms with E-state index in [1.54, 1.807) is 0 Å². The fourth-order valence-electron chi connectivity index (χ4n) is 2.95. The molecule has 0 bridgehead atoms. The molecule has 100 valence electrons. The third-order valence-electron chi connectivity index (χ3n) is 4.22. The molecule has 1 aliphatic carbocycles. The van der Waals surface area contributed by atoms with Crippen LogP contribution in [0.25, 0.3) is 0 Å². The molecule has 1 saturated heterocycles. The topological polar surface area (TPSA) is 47.1 Å². The summed E-state index contributed by atoms with van der Waals surface area (Å²) in [6.45, 7) is 4.05. The molecule has 0 spiro atoms. The van der Waals surface area contributed by atoms with Crippen LogP contribution >= 0.6 is 0 Å². The molecule has 0 aromatic carbocycles. The third kappa shape index (κ3) is 2.14. The molecule has 2 N–H and O–H groups in total. The SMILES string of the molecule is CCc1cn(C2CC2)c(N2CCCCC2CN)n1. The Morgan fingerprint density at radius 1 is 1.33 bits per heavy atom. The number of rotatable bonds is 4. The number of hydrogen-bond acceptors (Lipinski definition) is 3. The predicted octanol–water partition coefficient (Wildman–Crippen LogP) is 2.10. The smallest absolute Gasteiger partial charge is 0.206 e. The van der Waals surface area contributed by atoms with Gasteiger partial charge in [0, 0.05) is 31.4 Å². The van der Waals surface area contributed by atoms with E-state index in [9.17, 15) is 0 Å². The monoisotopic (exact) mass is 248 g/mol. The van der Waals surface area contributed by atoms with Gasteiger partial charge in [-0.15, -0.1) is 0 Å². The Balaban J connectivity index is 1.90. The molecule has 2 fully saturated rings. The Kier molecular flexibility index (Phi) is 3.29. The summed E-state index contributed by atoms with van der Waals surface area (Å²) < 4.78 is 2.41. The summed E-state index contributed by atoms with van der Waals surface area (Å²) in [5.41, 5.74) is 7.15. The number of nitrogens with two attached hydrogens (primary N) is 1. The van der Waals surface area contributed by atoms with Gasteiger partial charge in [-0.1, -0.05) is 6.92 Å². The fourth-order valence-corrected chi connectivity index (χ4v) is 2.95. The standard InChI is InChI=1S/C14H24N4/c1-2-11-10-18(12-6-7-12)14(16-11)17-8-4-3-5-13(17)9-15/h10,12-13H,2-9,15H2,1H3. The number of anilines is 1. The normalized spacial score (nSPS) is 24.6. The highest BCUT2D eigenvalue weighted by molar-refractivity contribution is 5.37. The lowest BCUT2D eigenvalue weighted by molar-refractivity contribution is 0.451. The van der Waals surface area contributed by atoms with E-state index in [1.807, 2.05) is 0 Å². The lowest BCUT2D eigenvalue weighted by Gasteiger charge is -2.36. The molecule has 18 heavy (non-hydrogen) atoms. The second-order valence-corrected chi connectivity index (χ2v) is 5.60. The summed E-state index contributed by atoms with van der Waals surface area (Å²) in [5.74, 6) is 1.18. The molecule has 1 aromatic rings. The van der Waals surface area contributed by atoms with E-state index in [0.29, 0.717) is 12.1 Å². The van der Waals surface area contributed by atoms with Gasteiger partial charge in [-0.25, -0.2) is 4.98 Å². The van der Waals surface area contributed by atoms with Gasteiger partial charge in [0.1, 0.15) is 0 Å². The van der Waals surface area contributed by atoms with Crippen molar-refractivity contribution in [3.05, 3.63) is 11.9 Å². The number of nitrogens with zero attached hydrogens (tertiary/aromatic N) is 3. The minimum Gasteiger partial charge on any atom is -0.338 e. The van der Waals surface area contributed by atoms with Crippen LogP contribution in [0.15, 0.2) is 6.20 Å². The highest BCUT2D eigenvalue weighted by Gasteiger charge is 2.31. The molecule has 0 radical (unpaired) electrons. The van der Waals surface area contributed by atoms with E-state index in [4.69, 9.17) is 10.7 Å². The largest absolute Gasteiger partial charge is 0.338 e. The molecular weight excluding hydrogens is 224 g/mol. The van der Waals surface area contributed by atoms with Crippen molar-refractivity contribution < 1.29 is 0 Å². The van der Waals surface area contributed by atoms with Crippen LogP contribution in [0.1, 0.15) is 50.8 Å². The number of hydrogen-bond donors (Lipinski definition) is 1. The first-order valence-electron chi connectivity index (χ1n) is 7.38. The van der Waals surface area contributed by atoms with E-state index in [0.717, 1.165) is 19.5 Å². The van der Waals surface area contributed by atoms with Crippen molar-refractivity contribution in [3.63, 3.8) is 0 Å². The molecule has 1 saturated carbocycles. The minimum absolute atomic E-state index is 0.489. The van der Waals surface area contributed by atoms with Gasteiger partial charge >= 0.3 is 0 Å². The molecule has 1 aliphatic heterocycles. The van der Waals surface area contributed by atoms with E-state index in [1.165, 1.54) is 43.7 Å². The van der Waals surface area contributed by atoms with Crippen LogP contribution in [-0.2, 0) is 6.42 Å². The number of aryl methyl sites for hydroxylation is 1. The molecule has 1 atom stereocenters. The quantitative estimate of drug-likeness (QED) is 0.887. The molecular formula is C14H24N4. The zero-order chi connectivity index (χ0) is 12.5. The lowest BCUT2D eigenvalue weighted by Crippen LogP contribution is -2.45. The first-order valence-corrected chi connectivity index (χ1v) is 7.38. The number of piperidine rings is 1. The van der Waals surface area contributed by atoms with Crippen molar-refractivity contribution in [1.29, 1.82) is 0 Å². The fraction of sp³-hybridized carbons (Fsp3) is 0.786. The van der Waals surface area contributed by atoms with E-state index < -0.39 is 0 Å². The lowest BCUT2D eigenvalue weighted by atomic mass is 10.0. The molecule has 0 amide bonds. The summed E-state index contributed by atoms with van der Waals surface area (Å²) in [6.07, 6.45) is 9.71. The molecule has 3 rings (SSSR count). The van der Waals surface area contributed by atoms with Gasteiger partial charge in [0.05, 0.1) is 5.69 Å². The molecule has 1 aromatic heterocycles. The number of imidazole rings is 1. The van der Waals surface area contributed by atoms with Crippen LogP contribution in [0.2, 0.25) is 0 Å². The van der Waals surface area contributed by atoms with Crippen LogP contribution in [-0.4, -0.2) is 28.7 Å². The highest BCUT2D eigenvalue weighted by atomic mass is 15.3. The van der Waals surface area contributed by atoms with Crippen molar-refractivity contribution >= 4 is 5.95 Å². The Labute approximate surface area is 109 Å². The van der Waals surface area contributed by atoms with E-state index >= 15 is 0 Å². The van der Waals surface area contributed by atoms with Gasteiger partial charge in [0.15, 0.2) is 0 Å². The Morgan fingerprint density at radius 2 is 2.17 bits per heavy atom. The van der Waals surface area contributed by atoms with Gasteiger partial charge in [0.25, 0.3) is 0 Å². The van der Waals surface area contributed by atoms with Crippen molar-refractivity contribution in [3.8, 4) is 0 Å². The highest BCUT2D eigenvalue weighted by Crippen LogP contribution is 2.39. The van der Waals surface area contributed by atoms with Crippen LogP contribution in [0.4, 0.5) is 5.95 Å². The maximum absolute atomic E-state index is 5.93. The maximum atomic E-state index is 5.93. The van der Waals surface area contributed by atoms with Crippen molar-refractivity contribution in [2.24, 2.45) is 5.73 Å². The van der Waals surface area contributed by atoms with E-state index in [-0.39, 0.29) is 0 Å². The van der Waals surface area contributed by atoms with Gasteiger partial charge in [-0.3, -0.25) is 0 Å². The maximum Gasteiger partial charge on any atom is 0.206 e. The third-order valence-corrected chi connectivity index (χ3v) is 4.22. The molecule has 4 nitrogen and oxygen atoms in total. The summed E-state index contributed by atoms with van der Waals surface area (Å²) >= 11 is 0. The van der Waals surface area contributed by atoms with Crippen molar-refractivity contribution in [2.75, 3.05) is 18.0 Å². The van der Waals surface area contributed by atoms with Crippen LogP contribution in [0, 0.1) is 0 Å². The van der Waals surface area contributed by atoms with Gasteiger partial charge in [-0.2, -0.15) is 0 Å². The summed E-state index contributed by atoms with van der Waals surface area (Å²) in [7, 11) is 0. The Hall–Kier alpha value is -1.03. The van der Waals surface area contributed by atoms with Gasteiger partial charge in [-0.05, 0) is 38.5 Å². The van der Waals surface area contributed by atoms with Crippen LogP contribution < -0.4 is 10.6 Å². The summed E-state index contributed by atoms with van der Waals surface area (Å²) in [6, 6.07) is 1.19. The summed E-state index contributed by atoms with van der Waals surface area (Å²) in [5, 5.41) is 0. The second-order valence-electron chi connectivity index (χ2n) is 5.60. The molecule has 4 heteroatoms.